The predicted molar refractivity (Wildman–Crippen MR) is 95.7 cm³/mol. The minimum atomic E-state index is -0.962. The Bertz CT molecular complexity index is 824. The molecule has 1 unspecified atom stereocenters. The molecule has 7 heteroatoms. The fourth-order valence-corrected chi connectivity index (χ4v) is 3.12. The summed E-state index contributed by atoms with van der Waals surface area (Å²) in [5.74, 6) is -0.669. The highest BCUT2D eigenvalue weighted by Gasteiger charge is 2.40. The van der Waals surface area contributed by atoms with E-state index in [1.165, 1.54) is 4.90 Å². The van der Waals surface area contributed by atoms with E-state index in [0.717, 1.165) is 16.7 Å². The van der Waals surface area contributed by atoms with Crippen LogP contribution in [-0.2, 0) is 9.53 Å². The van der Waals surface area contributed by atoms with E-state index in [9.17, 15) is 9.59 Å². The van der Waals surface area contributed by atoms with Crippen molar-refractivity contribution in [3.05, 3.63) is 69.2 Å². The molecule has 2 amide bonds. The molecular weight excluding hydrogens is 363 g/mol. The van der Waals surface area contributed by atoms with Crippen molar-refractivity contribution in [2.45, 2.75) is 19.1 Å². The van der Waals surface area contributed by atoms with Crippen LogP contribution in [0.25, 0.3) is 0 Å². The average Bonchev–Trinajstić information content (AvgIpc) is 2.95. The van der Waals surface area contributed by atoms with Gasteiger partial charge in [-0.1, -0.05) is 47.5 Å². The molecule has 130 valence electrons. The van der Waals surface area contributed by atoms with Crippen molar-refractivity contribution in [2.75, 3.05) is 6.54 Å². The van der Waals surface area contributed by atoms with E-state index in [1.807, 2.05) is 31.2 Å². The molecule has 0 saturated carbocycles. The summed E-state index contributed by atoms with van der Waals surface area (Å²) in [7, 11) is 0. The molecule has 2 aromatic carbocycles. The van der Waals surface area contributed by atoms with Crippen molar-refractivity contribution >= 4 is 35.2 Å². The molecule has 1 saturated heterocycles. The number of aryl methyl sites for hydroxylation is 1. The van der Waals surface area contributed by atoms with Gasteiger partial charge < -0.3 is 10.5 Å². The summed E-state index contributed by atoms with van der Waals surface area (Å²) in [5.41, 5.74) is 7.87. The molecule has 2 aromatic rings. The topological polar surface area (TPSA) is 72.6 Å². The lowest BCUT2D eigenvalue weighted by Gasteiger charge is -2.27. The molecule has 0 aliphatic carbocycles. The van der Waals surface area contributed by atoms with Crippen LogP contribution in [-0.4, -0.2) is 29.5 Å². The fourth-order valence-electron chi connectivity index (χ4n) is 2.87. The van der Waals surface area contributed by atoms with Crippen molar-refractivity contribution in [3.8, 4) is 0 Å². The third-order valence-corrected chi connectivity index (χ3v) is 4.83. The lowest BCUT2D eigenvalue weighted by molar-refractivity contribution is -0.124. The van der Waals surface area contributed by atoms with Crippen LogP contribution in [0.15, 0.2) is 42.5 Å². The van der Waals surface area contributed by atoms with Crippen molar-refractivity contribution in [2.24, 2.45) is 5.73 Å². The standard InChI is InChI=1S/C18H16Cl2N2O3/c1-10-8-12(4-7-14(10)20)16(11-2-5-13(19)6-3-11)22-9-15(17(21)23)25-18(22)24/h2-8,15-16H,9H2,1H3,(H2,21,23)/t15?,16-/m1/s1. The van der Waals surface area contributed by atoms with Gasteiger partial charge in [-0.15, -0.1) is 0 Å². The number of nitrogens with two attached hydrogens (primary N) is 1. The monoisotopic (exact) mass is 378 g/mol. The lowest BCUT2D eigenvalue weighted by Crippen LogP contribution is -2.34. The van der Waals surface area contributed by atoms with Crippen LogP contribution in [0.1, 0.15) is 22.7 Å². The van der Waals surface area contributed by atoms with Crippen LogP contribution in [0.5, 0.6) is 0 Å². The molecule has 0 spiro atoms. The summed E-state index contributed by atoms with van der Waals surface area (Å²) < 4.78 is 5.10. The van der Waals surface area contributed by atoms with Crippen molar-refractivity contribution in [3.63, 3.8) is 0 Å². The summed E-state index contributed by atoms with van der Waals surface area (Å²) in [4.78, 5) is 25.2. The first-order chi connectivity index (χ1) is 11.9. The molecule has 0 aromatic heterocycles. The molecule has 25 heavy (non-hydrogen) atoms. The predicted octanol–water partition coefficient (Wildman–Crippen LogP) is 3.70. The van der Waals surface area contributed by atoms with Gasteiger partial charge in [0.1, 0.15) is 0 Å². The zero-order chi connectivity index (χ0) is 18.1. The highest BCUT2D eigenvalue weighted by atomic mass is 35.5. The second-order valence-electron chi connectivity index (χ2n) is 5.89. The molecule has 1 fully saturated rings. The summed E-state index contributed by atoms with van der Waals surface area (Å²) in [6, 6.07) is 12.3. The molecule has 2 atom stereocenters. The molecule has 2 N–H and O–H groups in total. The van der Waals surface area contributed by atoms with Crippen LogP contribution in [0, 0.1) is 6.92 Å². The van der Waals surface area contributed by atoms with Gasteiger partial charge in [-0.3, -0.25) is 9.69 Å². The number of hydrogen-bond acceptors (Lipinski definition) is 3. The Morgan fingerprint density at radius 3 is 2.40 bits per heavy atom. The number of halogens is 2. The number of benzene rings is 2. The maximum Gasteiger partial charge on any atom is 0.411 e. The number of amides is 2. The van der Waals surface area contributed by atoms with Gasteiger partial charge in [0, 0.05) is 10.0 Å². The first kappa shape index (κ1) is 17.6. The smallest absolute Gasteiger partial charge is 0.411 e. The van der Waals surface area contributed by atoms with Gasteiger partial charge in [0.05, 0.1) is 12.6 Å². The van der Waals surface area contributed by atoms with Crippen LogP contribution >= 0.6 is 23.2 Å². The number of primary amides is 1. The van der Waals surface area contributed by atoms with E-state index in [4.69, 9.17) is 33.7 Å². The van der Waals surface area contributed by atoms with E-state index < -0.39 is 24.1 Å². The minimum Gasteiger partial charge on any atom is -0.434 e. The van der Waals surface area contributed by atoms with Crippen molar-refractivity contribution < 1.29 is 14.3 Å². The minimum absolute atomic E-state index is 0.0864. The second-order valence-corrected chi connectivity index (χ2v) is 6.73. The van der Waals surface area contributed by atoms with Gasteiger partial charge in [0.2, 0.25) is 0 Å². The van der Waals surface area contributed by atoms with Gasteiger partial charge in [-0.25, -0.2) is 4.79 Å². The summed E-state index contributed by atoms with van der Waals surface area (Å²) in [6.45, 7) is 1.97. The van der Waals surface area contributed by atoms with E-state index in [-0.39, 0.29) is 6.54 Å². The highest BCUT2D eigenvalue weighted by molar-refractivity contribution is 6.31. The Kier molecular flexibility index (Phi) is 4.88. The molecular formula is C18H16Cl2N2O3. The van der Waals surface area contributed by atoms with Crippen LogP contribution < -0.4 is 5.73 Å². The fraction of sp³-hybridized carbons (Fsp3) is 0.222. The molecule has 5 nitrogen and oxygen atoms in total. The molecule has 1 aliphatic rings. The van der Waals surface area contributed by atoms with E-state index in [0.29, 0.717) is 10.0 Å². The quantitative estimate of drug-likeness (QED) is 0.881. The Morgan fingerprint density at radius 1 is 1.20 bits per heavy atom. The zero-order valence-corrected chi connectivity index (χ0v) is 14.9. The maximum atomic E-state index is 12.3. The molecule has 0 bridgehead atoms. The Hall–Kier alpha value is -2.24. The largest absolute Gasteiger partial charge is 0.434 e. The Morgan fingerprint density at radius 2 is 1.84 bits per heavy atom. The number of carbonyl (C=O) groups is 2. The zero-order valence-electron chi connectivity index (χ0n) is 13.4. The maximum absolute atomic E-state index is 12.3. The Balaban J connectivity index is 2.06. The van der Waals surface area contributed by atoms with Crippen molar-refractivity contribution in [1.82, 2.24) is 4.90 Å². The normalized spacial score (nSPS) is 18.1. The molecule has 1 aliphatic heterocycles. The van der Waals surface area contributed by atoms with E-state index >= 15 is 0 Å². The van der Waals surface area contributed by atoms with Gasteiger partial charge in [-0.05, 0) is 41.8 Å². The summed E-state index contributed by atoms with van der Waals surface area (Å²) >= 11 is 12.1. The molecule has 3 rings (SSSR count). The third kappa shape index (κ3) is 3.57. The van der Waals surface area contributed by atoms with Crippen LogP contribution in [0.2, 0.25) is 10.0 Å². The van der Waals surface area contributed by atoms with Gasteiger partial charge in [-0.2, -0.15) is 0 Å². The van der Waals surface area contributed by atoms with Gasteiger partial charge in [0.15, 0.2) is 6.10 Å². The SMILES string of the molecule is Cc1cc([C@@H](c2ccc(Cl)cc2)N2CC(C(N)=O)OC2=O)ccc1Cl. The van der Waals surface area contributed by atoms with Crippen LogP contribution in [0.4, 0.5) is 4.79 Å². The number of hydrogen-bond donors (Lipinski definition) is 1. The number of nitrogens with zero attached hydrogens (tertiary/aromatic N) is 1. The first-order valence-electron chi connectivity index (χ1n) is 7.65. The van der Waals surface area contributed by atoms with E-state index in [2.05, 4.69) is 0 Å². The molecule has 0 radical (unpaired) electrons. The van der Waals surface area contributed by atoms with E-state index in [1.54, 1.807) is 18.2 Å². The average molecular weight is 379 g/mol. The van der Waals surface area contributed by atoms with Crippen molar-refractivity contribution in [1.29, 1.82) is 0 Å². The number of rotatable bonds is 4. The number of cyclic esters (lactones) is 1. The van der Waals surface area contributed by atoms with Gasteiger partial charge in [0.25, 0.3) is 5.91 Å². The third-order valence-electron chi connectivity index (χ3n) is 4.15. The first-order valence-corrected chi connectivity index (χ1v) is 8.40. The highest BCUT2D eigenvalue weighted by Crippen LogP contribution is 2.34. The molecule has 1 heterocycles. The van der Waals surface area contributed by atoms with Crippen LogP contribution in [0.3, 0.4) is 0 Å². The second kappa shape index (κ2) is 6.94. The summed E-state index contributed by atoms with van der Waals surface area (Å²) in [5, 5.41) is 1.23. The lowest BCUT2D eigenvalue weighted by atomic mass is 9.96. The number of ether oxygens (including phenoxy) is 1. The van der Waals surface area contributed by atoms with Gasteiger partial charge >= 0.3 is 6.09 Å². The Labute approximate surface area is 155 Å². The summed E-state index contributed by atoms with van der Waals surface area (Å²) in [6.07, 6.45) is -1.55. The number of carbonyl (C=O) groups excluding carboxylic acids is 2.